The van der Waals surface area contributed by atoms with Crippen LogP contribution < -0.4 is 16.0 Å². The predicted molar refractivity (Wildman–Crippen MR) is 112 cm³/mol. The second-order valence-corrected chi connectivity index (χ2v) is 5.67. The highest BCUT2D eigenvalue weighted by molar-refractivity contribution is 14.0. The fraction of sp³-hybridized carbons (Fsp3) is 0.267. The second kappa shape index (κ2) is 10.5. The summed E-state index contributed by atoms with van der Waals surface area (Å²) in [7, 11) is 3.45. The lowest BCUT2D eigenvalue weighted by atomic mass is 10.4. The van der Waals surface area contributed by atoms with Crippen molar-refractivity contribution in [2.45, 2.75) is 6.54 Å². The van der Waals surface area contributed by atoms with Crippen LogP contribution in [0.3, 0.4) is 0 Å². The molecule has 0 unspecified atom stereocenters. The van der Waals surface area contributed by atoms with Gasteiger partial charge in [-0.15, -0.1) is 24.0 Å². The van der Waals surface area contributed by atoms with Gasteiger partial charge in [0.25, 0.3) is 0 Å². The van der Waals surface area contributed by atoms with Gasteiger partial charge in [0.15, 0.2) is 5.96 Å². The van der Waals surface area contributed by atoms with Crippen molar-refractivity contribution < 1.29 is 4.79 Å². The molecule has 2 aromatic rings. The molecule has 25 heavy (non-hydrogen) atoms. The Balaban J connectivity index is 0.00000312. The lowest BCUT2D eigenvalue weighted by Crippen LogP contribution is -2.41. The van der Waals surface area contributed by atoms with Crippen LogP contribution in [-0.4, -0.2) is 35.0 Å². The van der Waals surface area contributed by atoms with Crippen molar-refractivity contribution in [3.05, 3.63) is 46.5 Å². The van der Waals surface area contributed by atoms with Gasteiger partial charge in [0.05, 0.1) is 30.0 Å². The molecule has 0 saturated carbocycles. The van der Waals surface area contributed by atoms with Crippen molar-refractivity contribution in [1.29, 1.82) is 0 Å². The molecule has 0 fully saturated rings. The van der Waals surface area contributed by atoms with Gasteiger partial charge in [0.1, 0.15) is 5.15 Å². The largest absolute Gasteiger partial charge is 0.351 e. The molecule has 0 bridgehead atoms. The Hall–Kier alpha value is -1.52. The lowest BCUT2D eigenvalue weighted by Gasteiger charge is -2.12. The van der Waals surface area contributed by atoms with Crippen LogP contribution in [0.25, 0.3) is 0 Å². The van der Waals surface area contributed by atoms with Crippen LogP contribution >= 0.6 is 47.2 Å². The molecule has 0 aliphatic heterocycles. The second-order valence-electron chi connectivity index (χ2n) is 4.90. The Morgan fingerprint density at radius 3 is 2.68 bits per heavy atom. The molecule has 0 aromatic carbocycles. The zero-order valence-electron chi connectivity index (χ0n) is 13.7. The SMILES string of the molecule is CN=C(NCC(=O)Nc1cccnc1)NCc1cc(Cl)c(Cl)n1C.I. The molecule has 136 valence electrons. The summed E-state index contributed by atoms with van der Waals surface area (Å²) in [5.41, 5.74) is 1.54. The van der Waals surface area contributed by atoms with E-state index in [1.807, 2.05) is 7.05 Å². The quantitative estimate of drug-likeness (QED) is 0.337. The van der Waals surface area contributed by atoms with Crippen LogP contribution in [0.2, 0.25) is 10.2 Å². The van der Waals surface area contributed by atoms with Gasteiger partial charge in [-0.2, -0.15) is 0 Å². The Labute approximate surface area is 173 Å². The van der Waals surface area contributed by atoms with E-state index in [2.05, 4.69) is 25.9 Å². The fourth-order valence-electron chi connectivity index (χ4n) is 1.96. The van der Waals surface area contributed by atoms with E-state index in [-0.39, 0.29) is 36.4 Å². The standard InChI is InChI=1S/C15H18Cl2N6O.HI/c1-18-15(20-8-11-6-12(16)14(17)23(11)2)21-9-13(24)22-10-4-3-5-19-7-10;/h3-7H,8-9H2,1-2H3,(H,22,24)(H2,18,20,21);1H. The third-order valence-electron chi connectivity index (χ3n) is 3.24. The predicted octanol–water partition coefficient (Wildman–Crippen LogP) is 2.65. The number of nitrogens with zero attached hydrogens (tertiary/aromatic N) is 3. The zero-order chi connectivity index (χ0) is 17.5. The van der Waals surface area contributed by atoms with Gasteiger partial charge in [-0.3, -0.25) is 14.8 Å². The molecule has 0 aliphatic carbocycles. The van der Waals surface area contributed by atoms with E-state index < -0.39 is 0 Å². The molecule has 1 amide bonds. The van der Waals surface area contributed by atoms with Gasteiger partial charge in [-0.1, -0.05) is 23.2 Å². The van der Waals surface area contributed by atoms with Gasteiger partial charge in [-0.25, -0.2) is 0 Å². The van der Waals surface area contributed by atoms with E-state index in [0.717, 1.165) is 5.69 Å². The highest BCUT2D eigenvalue weighted by Gasteiger charge is 2.10. The van der Waals surface area contributed by atoms with Gasteiger partial charge in [-0.05, 0) is 18.2 Å². The molecule has 2 heterocycles. The first-order valence-electron chi connectivity index (χ1n) is 7.15. The minimum atomic E-state index is -0.198. The molecule has 0 aliphatic rings. The summed E-state index contributed by atoms with van der Waals surface area (Å²) < 4.78 is 1.78. The average molecular weight is 497 g/mol. The first-order chi connectivity index (χ1) is 11.5. The molecule has 0 atom stereocenters. The lowest BCUT2D eigenvalue weighted by molar-refractivity contribution is -0.115. The molecule has 2 rings (SSSR count). The highest BCUT2D eigenvalue weighted by Crippen LogP contribution is 2.24. The number of hydrogen-bond acceptors (Lipinski definition) is 3. The summed E-state index contributed by atoms with van der Waals surface area (Å²) in [5.74, 6) is 0.292. The molecule has 2 aromatic heterocycles. The number of carbonyl (C=O) groups excluding carboxylic acids is 1. The normalized spacial score (nSPS) is 10.8. The first kappa shape index (κ1) is 21.5. The van der Waals surface area contributed by atoms with Gasteiger partial charge in [0.2, 0.25) is 5.91 Å². The van der Waals surface area contributed by atoms with Crippen molar-refractivity contribution in [2.75, 3.05) is 18.9 Å². The van der Waals surface area contributed by atoms with E-state index in [4.69, 9.17) is 23.2 Å². The number of anilines is 1. The Kier molecular flexibility index (Phi) is 9.01. The maximum atomic E-state index is 11.9. The summed E-state index contributed by atoms with van der Waals surface area (Å²) in [6.45, 7) is 0.538. The molecular weight excluding hydrogens is 478 g/mol. The van der Waals surface area contributed by atoms with Crippen LogP contribution in [0.15, 0.2) is 35.6 Å². The maximum absolute atomic E-state index is 11.9. The van der Waals surface area contributed by atoms with Crippen LogP contribution in [-0.2, 0) is 18.4 Å². The van der Waals surface area contributed by atoms with Crippen molar-refractivity contribution in [1.82, 2.24) is 20.2 Å². The molecule has 10 heteroatoms. The van der Waals surface area contributed by atoms with Crippen LogP contribution in [0.4, 0.5) is 5.69 Å². The maximum Gasteiger partial charge on any atom is 0.243 e. The number of nitrogens with one attached hydrogen (secondary N) is 3. The third kappa shape index (κ3) is 6.37. The third-order valence-corrected chi connectivity index (χ3v) is 4.08. The number of pyridine rings is 1. The zero-order valence-corrected chi connectivity index (χ0v) is 17.6. The summed E-state index contributed by atoms with van der Waals surface area (Å²) in [6.07, 6.45) is 3.22. The van der Waals surface area contributed by atoms with E-state index >= 15 is 0 Å². The van der Waals surface area contributed by atoms with Crippen molar-refractivity contribution in [3.8, 4) is 0 Å². The molecular formula is C15H19Cl2IN6O. The van der Waals surface area contributed by atoms with Crippen LogP contribution in [0.1, 0.15) is 5.69 Å². The minimum Gasteiger partial charge on any atom is -0.351 e. The van der Waals surface area contributed by atoms with Crippen molar-refractivity contribution in [3.63, 3.8) is 0 Å². The molecule has 0 saturated heterocycles. The fourth-order valence-corrected chi connectivity index (χ4v) is 2.38. The first-order valence-corrected chi connectivity index (χ1v) is 7.91. The van der Waals surface area contributed by atoms with Crippen LogP contribution in [0.5, 0.6) is 0 Å². The Morgan fingerprint density at radius 2 is 2.12 bits per heavy atom. The molecule has 7 nitrogen and oxygen atoms in total. The van der Waals surface area contributed by atoms with Crippen molar-refractivity contribution in [2.24, 2.45) is 12.0 Å². The minimum absolute atomic E-state index is 0. The number of hydrogen-bond donors (Lipinski definition) is 3. The monoisotopic (exact) mass is 496 g/mol. The number of amides is 1. The number of rotatable bonds is 5. The number of guanidine groups is 1. The van der Waals surface area contributed by atoms with Gasteiger partial charge in [0, 0.05) is 26.0 Å². The van der Waals surface area contributed by atoms with E-state index in [9.17, 15) is 4.79 Å². The molecule has 0 radical (unpaired) electrons. The average Bonchev–Trinajstić information content (AvgIpc) is 2.83. The Morgan fingerprint density at radius 1 is 1.36 bits per heavy atom. The number of halogens is 3. The Bertz CT molecular complexity index is 735. The topological polar surface area (TPSA) is 83.3 Å². The molecule has 3 N–H and O–H groups in total. The van der Waals surface area contributed by atoms with E-state index in [0.29, 0.717) is 28.4 Å². The smallest absolute Gasteiger partial charge is 0.243 e. The summed E-state index contributed by atoms with van der Waals surface area (Å²) in [5, 5.41) is 9.73. The number of carbonyl (C=O) groups is 1. The number of aromatic nitrogens is 2. The van der Waals surface area contributed by atoms with E-state index in [1.54, 1.807) is 42.2 Å². The summed E-state index contributed by atoms with van der Waals surface area (Å²) in [6, 6.07) is 5.29. The summed E-state index contributed by atoms with van der Waals surface area (Å²) in [4.78, 5) is 19.9. The number of aliphatic imine (C=N–C) groups is 1. The van der Waals surface area contributed by atoms with Crippen LogP contribution in [0, 0.1) is 0 Å². The van der Waals surface area contributed by atoms with E-state index in [1.165, 1.54) is 0 Å². The van der Waals surface area contributed by atoms with Gasteiger partial charge >= 0.3 is 0 Å². The van der Waals surface area contributed by atoms with Crippen molar-refractivity contribution >= 4 is 64.7 Å². The molecule has 0 spiro atoms. The van der Waals surface area contributed by atoms with Gasteiger partial charge < -0.3 is 20.5 Å². The summed E-state index contributed by atoms with van der Waals surface area (Å²) >= 11 is 12.0. The highest BCUT2D eigenvalue weighted by atomic mass is 127.